The molecule has 1 rings (SSSR count). The first-order valence-corrected chi connectivity index (χ1v) is 23.9. The van der Waals surface area contributed by atoms with E-state index in [1.54, 1.807) is 0 Å². The van der Waals surface area contributed by atoms with Crippen molar-refractivity contribution in [2.45, 2.75) is 219 Å². The van der Waals surface area contributed by atoms with E-state index in [1.807, 2.05) is 0 Å². The molecule has 0 radical (unpaired) electrons. The van der Waals surface area contributed by atoms with Crippen LogP contribution in [0.4, 0.5) is 0 Å². The predicted molar refractivity (Wildman–Crippen MR) is 240 cm³/mol. The third kappa shape index (κ3) is 46.5. The number of benzene rings is 1. The molecule has 1 aromatic rings. The predicted octanol–water partition coefficient (Wildman–Crippen LogP) is 12.3. The number of quaternary nitrogens is 2. The van der Waals surface area contributed by atoms with Gasteiger partial charge in [-0.05, 0) is 42.9 Å². The summed E-state index contributed by atoms with van der Waals surface area (Å²) in [5, 5.41) is 20.5. The molecule has 0 atom stereocenters. The second kappa shape index (κ2) is 39.9. The highest BCUT2D eigenvalue weighted by Gasteiger charge is 2.06. The fraction of sp³-hybridized carbons (Fsp3) is 0.840. The van der Waals surface area contributed by atoms with Gasteiger partial charge in [0, 0.05) is 0 Å². The molecule has 0 heterocycles. The van der Waals surface area contributed by atoms with Gasteiger partial charge in [-0.15, -0.1) is 0 Å². The van der Waals surface area contributed by atoms with Gasteiger partial charge in [-0.3, -0.25) is 0 Å². The van der Waals surface area contributed by atoms with Crippen LogP contribution in [0, 0.1) is 0 Å². The number of aromatic carboxylic acids is 2. The maximum absolute atomic E-state index is 10.3. The van der Waals surface area contributed by atoms with E-state index in [1.165, 1.54) is 237 Å². The van der Waals surface area contributed by atoms with Gasteiger partial charge in [0.05, 0.1) is 67.3 Å². The molecule has 0 saturated heterocycles. The van der Waals surface area contributed by atoms with Gasteiger partial charge in [0.2, 0.25) is 0 Å². The maximum Gasteiger partial charge on any atom is 0.0780 e. The number of carbonyl (C=O) groups is 2. The standard InChI is InChI=1S/2C21H46N.C8H6O4/c2*1-5-6-7-8-9-10-11-12-13-14-15-16-17-18-19-20-21-22(2,3)4;9-7(10)5-2-1-3-6(4-5)8(11)12/h2*5-21H2,1-4H3;1-4H,(H,9,10)(H,11,12)/q2*+1;/p-2. The van der Waals surface area contributed by atoms with Crippen molar-refractivity contribution in [3.05, 3.63) is 35.4 Å². The molecule has 0 aliphatic rings. The van der Waals surface area contributed by atoms with E-state index < -0.39 is 11.9 Å². The van der Waals surface area contributed by atoms with Crippen LogP contribution in [0.3, 0.4) is 0 Å². The molecule has 330 valence electrons. The number of hydrogen-bond acceptors (Lipinski definition) is 4. The van der Waals surface area contributed by atoms with Gasteiger partial charge >= 0.3 is 0 Å². The van der Waals surface area contributed by atoms with Gasteiger partial charge in [-0.1, -0.05) is 212 Å². The summed E-state index contributed by atoms with van der Waals surface area (Å²) in [6, 6.07) is 4.81. The number of carboxylic acid groups (broad SMARTS) is 2. The maximum atomic E-state index is 10.3. The van der Waals surface area contributed by atoms with Crippen LogP contribution in [0.5, 0.6) is 0 Å². The first-order valence-electron chi connectivity index (χ1n) is 23.9. The van der Waals surface area contributed by atoms with Crippen molar-refractivity contribution in [3.63, 3.8) is 0 Å². The average molecular weight is 789 g/mol. The lowest BCUT2D eigenvalue weighted by atomic mass is 10.0. The van der Waals surface area contributed by atoms with Gasteiger partial charge in [0.25, 0.3) is 0 Å². The van der Waals surface area contributed by atoms with Gasteiger partial charge in [-0.2, -0.15) is 0 Å². The number of carboxylic acids is 2. The zero-order chi connectivity index (χ0) is 42.2. The first-order chi connectivity index (χ1) is 26.7. The summed E-state index contributed by atoms with van der Waals surface area (Å²) in [4.78, 5) is 20.5. The monoisotopic (exact) mass is 789 g/mol. The second-order valence-electron chi connectivity index (χ2n) is 18.8. The molecular weight excluding hydrogens is 693 g/mol. The topological polar surface area (TPSA) is 80.3 Å². The Kier molecular flexibility index (Phi) is 40.0. The zero-order valence-electron chi connectivity index (χ0n) is 38.9. The molecule has 56 heavy (non-hydrogen) atoms. The van der Waals surface area contributed by atoms with E-state index in [4.69, 9.17) is 0 Å². The summed E-state index contributed by atoms with van der Waals surface area (Å²) >= 11 is 0. The Balaban J connectivity index is 0. The van der Waals surface area contributed by atoms with Gasteiger partial charge in [-0.25, -0.2) is 0 Å². The number of hydrogen-bond donors (Lipinski definition) is 0. The Hall–Kier alpha value is -1.92. The number of carbonyl (C=O) groups excluding carboxylic acids is 2. The molecule has 0 saturated carbocycles. The normalized spacial score (nSPS) is 11.4. The van der Waals surface area contributed by atoms with E-state index in [9.17, 15) is 19.8 Å². The van der Waals surface area contributed by atoms with Crippen molar-refractivity contribution in [2.75, 3.05) is 55.4 Å². The molecule has 0 unspecified atom stereocenters. The molecule has 0 spiro atoms. The van der Waals surface area contributed by atoms with Crippen molar-refractivity contribution >= 4 is 11.9 Å². The van der Waals surface area contributed by atoms with Gasteiger partial charge in [0.1, 0.15) is 0 Å². The first kappa shape index (κ1) is 56.2. The van der Waals surface area contributed by atoms with E-state index in [0.29, 0.717) is 0 Å². The van der Waals surface area contributed by atoms with Crippen LogP contribution in [0.25, 0.3) is 0 Å². The highest BCUT2D eigenvalue weighted by molar-refractivity contribution is 5.91. The van der Waals surface area contributed by atoms with Crippen LogP contribution in [0.15, 0.2) is 24.3 Å². The smallest absolute Gasteiger partial charge is 0.0780 e. The number of nitrogens with zero attached hydrogens (tertiary/aromatic N) is 2. The summed E-state index contributed by atoms with van der Waals surface area (Å²) < 4.78 is 2.25. The quantitative estimate of drug-likeness (QED) is 0.0501. The van der Waals surface area contributed by atoms with E-state index in [-0.39, 0.29) is 11.1 Å². The van der Waals surface area contributed by atoms with Crippen LogP contribution in [0.1, 0.15) is 240 Å². The molecule has 6 heteroatoms. The molecule has 0 aliphatic heterocycles. The van der Waals surface area contributed by atoms with Gasteiger partial charge < -0.3 is 28.8 Å². The van der Waals surface area contributed by atoms with Crippen molar-refractivity contribution in [3.8, 4) is 0 Å². The average Bonchev–Trinajstić information content (AvgIpc) is 3.14. The SMILES string of the molecule is CCCCCCCCCCCCCCCCCC[N+](C)(C)C.CCCCCCCCCCCCCCCCCC[N+](C)(C)C.O=C([O-])c1cccc(C(=O)[O-])c1. The Morgan fingerprint density at radius 1 is 0.375 bits per heavy atom. The third-order valence-corrected chi connectivity index (χ3v) is 10.7. The fourth-order valence-electron chi connectivity index (χ4n) is 7.04. The Morgan fingerprint density at radius 3 is 0.750 bits per heavy atom. The number of rotatable bonds is 36. The molecule has 0 aliphatic carbocycles. The highest BCUT2D eigenvalue weighted by atomic mass is 16.4. The lowest BCUT2D eigenvalue weighted by molar-refractivity contribution is -0.870. The van der Waals surface area contributed by atoms with E-state index in [0.717, 1.165) is 15.0 Å². The van der Waals surface area contributed by atoms with Crippen molar-refractivity contribution in [1.29, 1.82) is 0 Å². The zero-order valence-corrected chi connectivity index (χ0v) is 38.9. The summed E-state index contributed by atoms with van der Waals surface area (Å²) in [6.45, 7) is 7.26. The molecule has 1 aromatic carbocycles. The third-order valence-electron chi connectivity index (χ3n) is 10.7. The lowest BCUT2D eigenvalue weighted by Gasteiger charge is -2.23. The summed E-state index contributed by atoms with van der Waals surface area (Å²) in [5.74, 6) is -2.81. The van der Waals surface area contributed by atoms with Crippen molar-refractivity contribution in [1.82, 2.24) is 0 Å². The van der Waals surface area contributed by atoms with E-state index >= 15 is 0 Å². The summed E-state index contributed by atoms with van der Waals surface area (Å²) in [5.41, 5.74) is -0.339. The second-order valence-corrected chi connectivity index (χ2v) is 18.8. The van der Waals surface area contributed by atoms with Crippen LogP contribution in [-0.2, 0) is 0 Å². The van der Waals surface area contributed by atoms with Crippen molar-refractivity contribution in [2.24, 2.45) is 0 Å². The molecule has 0 bridgehead atoms. The molecule has 0 amide bonds. The summed E-state index contributed by atoms with van der Waals surface area (Å²) in [6.07, 6.45) is 46.7. The van der Waals surface area contributed by atoms with Crippen LogP contribution >= 0.6 is 0 Å². The molecule has 0 N–H and O–H groups in total. The Labute approximate surface area is 349 Å². The minimum absolute atomic E-state index is 0.170. The molecule has 0 fully saturated rings. The van der Waals surface area contributed by atoms with Crippen LogP contribution in [-0.4, -0.2) is 76.3 Å². The largest absolute Gasteiger partial charge is 0.545 e. The number of unbranched alkanes of at least 4 members (excludes halogenated alkanes) is 30. The molecule has 0 aromatic heterocycles. The van der Waals surface area contributed by atoms with E-state index in [2.05, 4.69) is 56.1 Å². The Bertz CT molecular complexity index is 922. The van der Waals surface area contributed by atoms with Crippen molar-refractivity contribution < 1.29 is 28.8 Å². The summed E-state index contributed by atoms with van der Waals surface area (Å²) in [7, 11) is 13.8. The molecular formula is C50H96N2O4. The fourth-order valence-corrected chi connectivity index (χ4v) is 7.04. The molecule has 6 nitrogen and oxygen atoms in total. The lowest BCUT2D eigenvalue weighted by Crippen LogP contribution is -2.35. The van der Waals surface area contributed by atoms with Crippen LogP contribution < -0.4 is 10.2 Å². The highest BCUT2D eigenvalue weighted by Crippen LogP contribution is 2.15. The minimum atomic E-state index is -1.40. The minimum Gasteiger partial charge on any atom is -0.545 e. The van der Waals surface area contributed by atoms with Gasteiger partial charge in [0.15, 0.2) is 0 Å². The van der Waals surface area contributed by atoms with Crippen LogP contribution in [0.2, 0.25) is 0 Å². The Morgan fingerprint density at radius 2 is 0.571 bits per heavy atom.